The lowest BCUT2D eigenvalue weighted by Gasteiger charge is -2.38. The average Bonchev–Trinajstić information content (AvgIpc) is 3.31. The second kappa shape index (κ2) is 12.2. The highest BCUT2D eigenvalue weighted by atomic mass is 32.2. The van der Waals surface area contributed by atoms with Crippen LogP contribution in [0.4, 0.5) is 0 Å². The third kappa shape index (κ3) is 6.48. The zero-order valence-corrected chi connectivity index (χ0v) is 24.5. The van der Waals surface area contributed by atoms with Gasteiger partial charge in [0.25, 0.3) is 0 Å². The first-order valence-electron chi connectivity index (χ1n) is 14.4. The van der Waals surface area contributed by atoms with Crippen LogP contribution in [0.25, 0.3) is 0 Å². The van der Waals surface area contributed by atoms with Crippen LogP contribution in [0.5, 0.6) is 0 Å². The van der Waals surface area contributed by atoms with E-state index in [1.807, 2.05) is 49.4 Å². The number of carbonyl (C=O) groups excluding carboxylic acids is 1. The lowest BCUT2D eigenvalue weighted by Crippen LogP contribution is -2.47. The Morgan fingerprint density at radius 2 is 1.73 bits per heavy atom. The zero-order valence-electron chi connectivity index (χ0n) is 23.7. The number of nitrogens with zero attached hydrogens (tertiary/aromatic N) is 2. The van der Waals surface area contributed by atoms with Gasteiger partial charge in [-0.3, -0.25) is 4.79 Å². The fourth-order valence-electron chi connectivity index (χ4n) is 6.47. The monoisotopic (exact) mass is 559 g/mol. The van der Waals surface area contributed by atoms with E-state index in [1.54, 1.807) is 23.5 Å². The number of likely N-dealkylation sites (tertiary alicyclic amines) is 1. The molecule has 0 saturated carbocycles. The van der Waals surface area contributed by atoms with E-state index in [0.29, 0.717) is 17.9 Å². The quantitative estimate of drug-likeness (QED) is 0.391. The predicted octanol–water partition coefficient (Wildman–Crippen LogP) is 4.71. The van der Waals surface area contributed by atoms with Crippen molar-refractivity contribution in [1.29, 1.82) is 0 Å². The number of carbonyl (C=O) groups is 1. The Kier molecular flexibility index (Phi) is 8.74. The SMILES string of the molecule is Cc1cccc(S(=O)(=O)N(C)CC2(CCN3CCC(NC(=O)Cc4ccccc4)CC3)CCc3ccccc32)c1. The van der Waals surface area contributed by atoms with Gasteiger partial charge in [0.05, 0.1) is 11.3 Å². The normalized spacial score (nSPS) is 20.0. The Labute approximate surface area is 239 Å². The second-order valence-corrected chi connectivity index (χ2v) is 13.7. The van der Waals surface area contributed by atoms with Gasteiger partial charge in [0.1, 0.15) is 0 Å². The molecule has 0 aromatic heterocycles. The Morgan fingerprint density at radius 3 is 2.48 bits per heavy atom. The van der Waals surface area contributed by atoms with Crippen molar-refractivity contribution in [2.45, 2.75) is 61.8 Å². The van der Waals surface area contributed by atoms with E-state index in [4.69, 9.17) is 0 Å². The van der Waals surface area contributed by atoms with E-state index in [-0.39, 0.29) is 17.4 Å². The third-order valence-electron chi connectivity index (χ3n) is 8.75. The molecule has 1 heterocycles. The van der Waals surface area contributed by atoms with Crippen LogP contribution >= 0.6 is 0 Å². The molecule has 0 radical (unpaired) electrons. The molecule has 5 rings (SSSR count). The fourth-order valence-corrected chi connectivity index (χ4v) is 7.83. The summed E-state index contributed by atoms with van der Waals surface area (Å²) in [5.74, 6) is 0.0871. The molecular formula is C33H41N3O3S. The van der Waals surface area contributed by atoms with Crippen LogP contribution in [0.2, 0.25) is 0 Å². The number of nitrogens with one attached hydrogen (secondary N) is 1. The van der Waals surface area contributed by atoms with Gasteiger partial charge in [-0.25, -0.2) is 12.7 Å². The summed E-state index contributed by atoms with van der Waals surface area (Å²) >= 11 is 0. The highest BCUT2D eigenvalue weighted by Gasteiger charge is 2.41. The van der Waals surface area contributed by atoms with E-state index < -0.39 is 10.0 Å². The smallest absolute Gasteiger partial charge is 0.242 e. The summed E-state index contributed by atoms with van der Waals surface area (Å²) < 4.78 is 28.7. The van der Waals surface area contributed by atoms with Crippen LogP contribution in [-0.4, -0.2) is 62.8 Å². The van der Waals surface area contributed by atoms with E-state index in [9.17, 15) is 13.2 Å². The van der Waals surface area contributed by atoms with Crippen molar-refractivity contribution < 1.29 is 13.2 Å². The van der Waals surface area contributed by atoms with Gasteiger partial charge in [-0.05, 0) is 80.0 Å². The van der Waals surface area contributed by atoms with Gasteiger partial charge in [0.15, 0.2) is 0 Å². The van der Waals surface area contributed by atoms with Crippen LogP contribution in [-0.2, 0) is 33.1 Å². The number of hydrogen-bond acceptors (Lipinski definition) is 4. The predicted molar refractivity (Wildman–Crippen MR) is 160 cm³/mol. The van der Waals surface area contributed by atoms with Crippen molar-refractivity contribution in [2.24, 2.45) is 0 Å². The molecule has 40 heavy (non-hydrogen) atoms. The van der Waals surface area contributed by atoms with E-state index in [1.165, 1.54) is 11.1 Å². The molecule has 1 fully saturated rings. The molecule has 0 spiro atoms. The van der Waals surface area contributed by atoms with Crippen molar-refractivity contribution >= 4 is 15.9 Å². The summed E-state index contributed by atoms with van der Waals surface area (Å²) in [5, 5.41) is 3.23. The van der Waals surface area contributed by atoms with Crippen molar-refractivity contribution in [2.75, 3.05) is 33.2 Å². The molecule has 1 N–H and O–H groups in total. The maximum Gasteiger partial charge on any atom is 0.242 e. The first kappa shape index (κ1) is 28.5. The molecule has 6 nitrogen and oxygen atoms in total. The Balaban J connectivity index is 1.22. The average molecular weight is 560 g/mol. The van der Waals surface area contributed by atoms with Gasteiger partial charge in [-0.2, -0.15) is 0 Å². The molecular weight excluding hydrogens is 518 g/mol. The van der Waals surface area contributed by atoms with Crippen LogP contribution in [0, 0.1) is 6.92 Å². The van der Waals surface area contributed by atoms with E-state index in [2.05, 4.69) is 34.5 Å². The number of piperidine rings is 1. The van der Waals surface area contributed by atoms with Gasteiger partial charge < -0.3 is 10.2 Å². The highest BCUT2D eigenvalue weighted by Crippen LogP contribution is 2.43. The molecule has 7 heteroatoms. The molecule has 1 amide bonds. The minimum absolute atomic E-state index is 0.0871. The van der Waals surface area contributed by atoms with Crippen LogP contribution in [0.3, 0.4) is 0 Å². The molecule has 1 unspecified atom stereocenters. The topological polar surface area (TPSA) is 69.7 Å². The molecule has 2 aliphatic rings. The molecule has 1 aliphatic carbocycles. The highest BCUT2D eigenvalue weighted by molar-refractivity contribution is 7.89. The summed E-state index contributed by atoms with van der Waals surface area (Å²) in [6.45, 7) is 5.17. The first-order chi connectivity index (χ1) is 19.2. The third-order valence-corrected chi connectivity index (χ3v) is 10.6. The zero-order chi connectivity index (χ0) is 28.2. The molecule has 3 aromatic carbocycles. The van der Waals surface area contributed by atoms with Crippen molar-refractivity contribution in [1.82, 2.24) is 14.5 Å². The lowest BCUT2D eigenvalue weighted by molar-refractivity contribution is -0.121. The Hall–Kier alpha value is -3.00. The van der Waals surface area contributed by atoms with Crippen molar-refractivity contribution in [3.63, 3.8) is 0 Å². The van der Waals surface area contributed by atoms with Gasteiger partial charge in [-0.15, -0.1) is 0 Å². The minimum atomic E-state index is -3.59. The fraction of sp³-hybridized carbons (Fsp3) is 0.424. The molecule has 1 saturated heterocycles. The number of hydrogen-bond donors (Lipinski definition) is 1. The largest absolute Gasteiger partial charge is 0.353 e. The summed E-state index contributed by atoms with van der Waals surface area (Å²) in [6, 6.07) is 25.8. The number of aryl methyl sites for hydroxylation is 2. The molecule has 1 atom stereocenters. The van der Waals surface area contributed by atoms with E-state index >= 15 is 0 Å². The first-order valence-corrected chi connectivity index (χ1v) is 15.9. The second-order valence-electron chi connectivity index (χ2n) is 11.6. The van der Waals surface area contributed by atoms with Crippen molar-refractivity contribution in [3.8, 4) is 0 Å². The van der Waals surface area contributed by atoms with Crippen LogP contribution in [0.1, 0.15) is 47.9 Å². The van der Waals surface area contributed by atoms with Gasteiger partial charge >= 0.3 is 0 Å². The molecule has 3 aromatic rings. The Bertz CT molecular complexity index is 1420. The van der Waals surface area contributed by atoms with Crippen LogP contribution in [0.15, 0.2) is 83.8 Å². The molecule has 212 valence electrons. The molecule has 1 aliphatic heterocycles. The van der Waals surface area contributed by atoms with Gasteiger partial charge in [-0.1, -0.05) is 66.7 Å². The van der Waals surface area contributed by atoms with Crippen molar-refractivity contribution in [3.05, 3.63) is 101 Å². The van der Waals surface area contributed by atoms with Gasteiger partial charge in [0, 0.05) is 38.1 Å². The number of amides is 1. The number of rotatable bonds is 10. The Morgan fingerprint density at radius 1 is 1.00 bits per heavy atom. The maximum atomic E-state index is 13.6. The standard InChI is InChI=1S/C33H41N3O3S/c1-26-9-8-13-30(23-26)40(38,39)35(2)25-33(18-15-28-12-6-7-14-31(28)33)19-22-36-20-16-29(17-21-36)34-32(37)24-27-10-4-3-5-11-27/h3-14,23,29H,15-22,24-25H2,1-2H3,(H,34,37). The summed E-state index contributed by atoms with van der Waals surface area (Å²) in [5.41, 5.74) is 4.39. The summed E-state index contributed by atoms with van der Waals surface area (Å²) in [4.78, 5) is 15.4. The minimum Gasteiger partial charge on any atom is -0.353 e. The number of likely N-dealkylation sites (N-methyl/N-ethyl adjacent to an activating group) is 1. The number of fused-ring (bicyclic) bond motifs is 1. The van der Waals surface area contributed by atoms with Gasteiger partial charge in [0.2, 0.25) is 15.9 Å². The van der Waals surface area contributed by atoms with E-state index in [0.717, 1.165) is 62.9 Å². The summed E-state index contributed by atoms with van der Waals surface area (Å²) in [7, 11) is -1.87. The maximum absolute atomic E-state index is 13.6. The van der Waals surface area contributed by atoms with Crippen LogP contribution < -0.4 is 5.32 Å². The molecule has 0 bridgehead atoms. The summed E-state index contributed by atoms with van der Waals surface area (Å²) in [6.07, 6.45) is 5.12. The number of sulfonamides is 1. The lowest BCUT2D eigenvalue weighted by atomic mass is 9.78. The number of benzene rings is 3.